The third kappa shape index (κ3) is 2.82. The predicted octanol–water partition coefficient (Wildman–Crippen LogP) is 2.81. The van der Waals surface area contributed by atoms with Crippen LogP contribution < -0.4 is 5.32 Å². The van der Waals surface area contributed by atoms with Crippen LogP contribution in [-0.2, 0) is 0 Å². The smallest absolute Gasteiger partial charge is 0.163 e. The van der Waals surface area contributed by atoms with Gasteiger partial charge in [-0.2, -0.15) is 0 Å². The Labute approximate surface area is 113 Å². The number of fused-ring (bicyclic) bond motifs is 1. The zero-order valence-electron chi connectivity index (χ0n) is 10.9. The molecule has 2 aromatic rings. The Morgan fingerprint density at radius 3 is 3.16 bits per heavy atom. The second-order valence-corrected chi connectivity index (χ2v) is 5.25. The molecule has 1 fully saturated rings. The molecule has 1 aliphatic heterocycles. The first-order valence-electron chi connectivity index (χ1n) is 6.91. The van der Waals surface area contributed by atoms with E-state index in [1.807, 2.05) is 30.3 Å². The van der Waals surface area contributed by atoms with Gasteiger partial charge in [0, 0.05) is 23.6 Å². The molecule has 1 N–H and O–H groups in total. The van der Waals surface area contributed by atoms with E-state index in [0.29, 0.717) is 12.3 Å². The average Bonchev–Trinajstić information content (AvgIpc) is 2.48. The van der Waals surface area contributed by atoms with Gasteiger partial charge in [0.25, 0.3) is 0 Å². The molecule has 2 heterocycles. The van der Waals surface area contributed by atoms with Crippen molar-refractivity contribution >= 4 is 16.7 Å². The van der Waals surface area contributed by atoms with Gasteiger partial charge in [0.2, 0.25) is 0 Å². The molecule has 1 aromatic heterocycles. The first kappa shape index (κ1) is 12.3. The van der Waals surface area contributed by atoms with Gasteiger partial charge in [-0.05, 0) is 44.0 Å². The highest BCUT2D eigenvalue weighted by atomic mass is 16.1. The van der Waals surface area contributed by atoms with Crippen LogP contribution in [0.1, 0.15) is 29.6 Å². The molecule has 3 nitrogen and oxygen atoms in total. The number of benzene rings is 1. The fourth-order valence-corrected chi connectivity index (χ4v) is 2.72. The van der Waals surface area contributed by atoms with E-state index < -0.39 is 0 Å². The highest BCUT2D eigenvalue weighted by molar-refractivity contribution is 5.99. The van der Waals surface area contributed by atoms with Crippen LogP contribution in [-0.4, -0.2) is 23.9 Å². The van der Waals surface area contributed by atoms with Crippen LogP contribution >= 0.6 is 0 Å². The molecular weight excluding hydrogens is 236 g/mol. The Hall–Kier alpha value is -1.74. The van der Waals surface area contributed by atoms with Crippen LogP contribution in [0, 0.1) is 5.92 Å². The predicted molar refractivity (Wildman–Crippen MR) is 76.3 cm³/mol. The minimum atomic E-state index is 0.237. The second-order valence-electron chi connectivity index (χ2n) is 5.25. The number of hydrogen-bond donors (Lipinski definition) is 1. The maximum absolute atomic E-state index is 12.3. The lowest BCUT2D eigenvalue weighted by atomic mass is 9.92. The largest absolute Gasteiger partial charge is 0.316 e. The average molecular weight is 254 g/mol. The van der Waals surface area contributed by atoms with E-state index in [1.54, 1.807) is 6.20 Å². The van der Waals surface area contributed by atoms with E-state index in [4.69, 9.17) is 0 Å². The third-order valence-electron chi connectivity index (χ3n) is 3.80. The number of piperidine rings is 1. The lowest BCUT2D eigenvalue weighted by Crippen LogP contribution is -2.31. The van der Waals surface area contributed by atoms with Crippen LogP contribution in [0.5, 0.6) is 0 Å². The number of carbonyl (C=O) groups is 1. The fraction of sp³-hybridized carbons (Fsp3) is 0.375. The molecule has 3 heteroatoms. The summed E-state index contributed by atoms with van der Waals surface area (Å²) in [6.07, 6.45) is 4.74. The van der Waals surface area contributed by atoms with Crippen molar-refractivity contribution in [3.8, 4) is 0 Å². The first-order chi connectivity index (χ1) is 9.33. The second kappa shape index (κ2) is 5.49. The van der Waals surface area contributed by atoms with E-state index in [9.17, 15) is 4.79 Å². The van der Waals surface area contributed by atoms with Crippen molar-refractivity contribution < 1.29 is 4.79 Å². The molecular formula is C16H18N2O. The number of nitrogens with one attached hydrogen (secondary N) is 1. The van der Waals surface area contributed by atoms with E-state index in [0.717, 1.165) is 36.0 Å². The van der Waals surface area contributed by atoms with E-state index in [2.05, 4.69) is 10.3 Å². The molecule has 0 spiro atoms. The molecule has 1 atom stereocenters. The van der Waals surface area contributed by atoms with Crippen LogP contribution in [0.3, 0.4) is 0 Å². The maximum atomic E-state index is 12.3. The maximum Gasteiger partial charge on any atom is 0.163 e. The van der Waals surface area contributed by atoms with Crippen LogP contribution in [0.15, 0.2) is 36.5 Å². The number of carbonyl (C=O) groups excluding carboxylic acids is 1. The molecule has 1 aromatic carbocycles. The van der Waals surface area contributed by atoms with Gasteiger partial charge in [-0.3, -0.25) is 9.78 Å². The number of nitrogens with zero attached hydrogens (tertiary/aromatic N) is 1. The summed E-state index contributed by atoms with van der Waals surface area (Å²) >= 11 is 0. The minimum Gasteiger partial charge on any atom is -0.316 e. The molecule has 0 aliphatic carbocycles. The van der Waals surface area contributed by atoms with Gasteiger partial charge in [0.1, 0.15) is 0 Å². The quantitative estimate of drug-likeness (QED) is 0.856. The summed E-state index contributed by atoms with van der Waals surface area (Å²) in [4.78, 5) is 16.6. The van der Waals surface area contributed by atoms with E-state index in [-0.39, 0.29) is 5.78 Å². The van der Waals surface area contributed by atoms with Crippen molar-refractivity contribution in [2.45, 2.75) is 19.3 Å². The highest BCUT2D eigenvalue weighted by Crippen LogP contribution is 2.19. The zero-order chi connectivity index (χ0) is 13.1. The lowest BCUT2D eigenvalue weighted by Gasteiger charge is -2.21. The summed E-state index contributed by atoms with van der Waals surface area (Å²) in [5.74, 6) is 0.724. The summed E-state index contributed by atoms with van der Waals surface area (Å²) < 4.78 is 0. The monoisotopic (exact) mass is 254 g/mol. The van der Waals surface area contributed by atoms with Gasteiger partial charge in [-0.15, -0.1) is 0 Å². The Balaban J connectivity index is 1.77. The topological polar surface area (TPSA) is 42.0 Å². The number of aromatic nitrogens is 1. The molecule has 0 bridgehead atoms. The van der Waals surface area contributed by atoms with Gasteiger partial charge in [-0.25, -0.2) is 0 Å². The van der Waals surface area contributed by atoms with Crippen molar-refractivity contribution in [1.82, 2.24) is 10.3 Å². The number of Topliss-reactive ketones (excluding diaryl/α,β-unsaturated/α-hetero) is 1. The molecule has 1 aliphatic rings. The van der Waals surface area contributed by atoms with Crippen LogP contribution in [0.2, 0.25) is 0 Å². The molecule has 0 radical (unpaired) electrons. The molecule has 1 saturated heterocycles. The fourth-order valence-electron chi connectivity index (χ4n) is 2.72. The van der Waals surface area contributed by atoms with Crippen LogP contribution in [0.4, 0.5) is 0 Å². The van der Waals surface area contributed by atoms with Gasteiger partial charge in [0.15, 0.2) is 5.78 Å². The zero-order valence-corrected chi connectivity index (χ0v) is 10.9. The van der Waals surface area contributed by atoms with Gasteiger partial charge < -0.3 is 5.32 Å². The van der Waals surface area contributed by atoms with Gasteiger partial charge in [0.05, 0.1) is 5.52 Å². The molecule has 0 saturated carbocycles. The van der Waals surface area contributed by atoms with Gasteiger partial charge in [-0.1, -0.05) is 18.2 Å². The SMILES string of the molecule is O=C(CC1CCCNC1)c1ccc2cccnc2c1. The third-order valence-corrected chi connectivity index (χ3v) is 3.80. The molecule has 1 unspecified atom stereocenters. The standard InChI is InChI=1S/C16H18N2O/c19-16(9-12-3-1-7-17-11-12)14-6-5-13-4-2-8-18-15(13)10-14/h2,4-6,8,10,12,17H,1,3,7,9,11H2. The van der Waals surface area contributed by atoms with Gasteiger partial charge >= 0.3 is 0 Å². The van der Waals surface area contributed by atoms with Crippen molar-refractivity contribution in [1.29, 1.82) is 0 Å². The first-order valence-corrected chi connectivity index (χ1v) is 6.91. The molecule has 3 rings (SSSR count). The van der Waals surface area contributed by atoms with Crippen LogP contribution in [0.25, 0.3) is 10.9 Å². The van der Waals surface area contributed by atoms with Crippen molar-refractivity contribution in [2.24, 2.45) is 5.92 Å². The summed E-state index contributed by atoms with van der Waals surface area (Å²) in [5, 5.41) is 4.44. The Morgan fingerprint density at radius 2 is 2.32 bits per heavy atom. The minimum absolute atomic E-state index is 0.237. The normalized spacial score (nSPS) is 19.5. The highest BCUT2D eigenvalue weighted by Gasteiger charge is 2.17. The summed E-state index contributed by atoms with van der Waals surface area (Å²) in [5.41, 5.74) is 1.69. The number of rotatable bonds is 3. The van der Waals surface area contributed by atoms with E-state index >= 15 is 0 Å². The van der Waals surface area contributed by atoms with E-state index in [1.165, 1.54) is 6.42 Å². The van der Waals surface area contributed by atoms with Crippen molar-refractivity contribution in [3.05, 3.63) is 42.1 Å². The van der Waals surface area contributed by atoms with Crippen molar-refractivity contribution in [3.63, 3.8) is 0 Å². The Kier molecular flexibility index (Phi) is 3.56. The Bertz CT molecular complexity index is 588. The number of ketones is 1. The lowest BCUT2D eigenvalue weighted by molar-refractivity contribution is 0.0954. The summed E-state index contributed by atoms with van der Waals surface area (Å²) in [6.45, 7) is 2.06. The van der Waals surface area contributed by atoms with Crippen molar-refractivity contribution in [2.75, 3.05) is 13.1 Å². The number of hydrogen-bond acceptors (Lipinski definition) is 3. The Morgan fingerprint density at radius 1 is 1.37 bits per heavy atom. The molecule has 19 heavy (non-hydrogen) atoms. The molecule has 0 amide bonds. The summed E-state index contributed by atoms with van der Waals surface area (Å²) in [6, 6.07) is 9.74. The number of pyridine rings is 1. The molecule has 98 valence electrons. The summed E-state index contributed by atoms with van der Waals surface area (Å²) in [7, 11) is 0.